The lowest BCUT2D eigenvalue weighted by atomic mass is 10.6. The predicted molar refractivity (Wildman–Crippen MR) is 64.7 cm³/mol. The molecular formula is C9H22O5SSi. The van der Waals surface area contributed by atoms with Crippen LogP contribution in [0.15, 0.2) is 0 Å². The lowest BCUT2D eigenvalue weighted by Gasteiger charge is -2.27. The summed E-state index contributed by atoms with van der Waals surface area (Å²) in [4.78, 5) is 0. The van der Waals surface area contributed by atoms with Gasteiger partial charge < -0.3 is 13.3 Å². The van der Waals surface area contributed by atoms with E-state index in [4.69, 9.17) is 13.3 Å². The fourth-order valence-electron chi connectivity index (χ4n) is 1.32. The smallest absolute Gasteiger partial charge is 0.363 e. The van der Waals surface area contributed by atoms with Crippen molar-refractivity contribution in [3.05, 3.63) is 0 Å². The van der Waals surface area contributed by atoms with Crippen molar-refractivity contribution in [2.45, 2.75) is 34.1 Å². The minimum Gasteiger partial charge on any atom is -0.363 e. The van der Waals surface area contributed by atoms with Crippen molar-refractivity contribution in [3.8, 4) is 0 Å². The maximum Gasteiger partial charge on any atom is 0.634 e. The van der Waals surface area contributed by atoms with Crippen LogP contribution in [-0.4, -0.2) is 41.9 Å². The van der Waals surface area contributed by atoms with E-state index in [1.807, 2.05) is 0 Å². The third-order valence-electron chi connectivity index (χ3n) is 1.82. The highest BCUT2D eigenvalue weighted by Gasteiger charge is 2.55. The molecule has 0 amide bonds. The lowest BCUT2D eigenvalue weighted by molar-refractivity contribution is 0.0931. The number of hydrogen-bond donors (Lipinski definition) is 0. The molecule has 0 rings (SSSR count). The summed E-state index contributed by atoms with van der Waals surface area (Å²) in [7, 11) is -7.02. The molecule has 7 heteroatoms. The zero-order valence-electron chi connectivity index (χ0n) is 10.5. The third kappa shape index (κ3) is 3.81. The van der Waals surface area contributed by atoms with Gasteiger partial charge in [0, 0.05) is 19.8 Å². The first kappa shape index (κ1) is 16.0. The average Bonchev–Trinajstić information content (AvgIpc) is 2.18. The first-order chi connectivity index (χ1) is 7.49. The summed E-state index contributed by atoms with van der Waals surface area (Å²) in [5, 5.41) is 0. The number of rotatable bonds is 9. The van der Waals surface area contributed by atoms with E-state index in [2.05, 4.69) is 0 Å². The Morgan fingerprint density at radius 1 is 0.875 bits per heavy atom. The SMILES string of the molecule is CCCS(=O)(=O)[Si](OCC)(OCC)OCC. The van der Waals surface area contributed by atoms with Gasteiger partial charge in [-0.1, -0.05) is 6.92 Å². The molecule has 0 saturated heterocycles. The molecule has 0 atom stereocenters. The molecule has 98 valence electrons. The third-order valence-corrected chi connectivity index (χ3v) is 9.41. The van der Waals surface area contributed by atoms with Crippen LogP contribution < -0.4 is 0 Å². The minimum atomic E-state index is -3.57. The summed E-state index contributed by atoms with van der Waals surface area (Å²) < 4.78 is 40.2. The van der Waals surface area contributed by atoms with Crippen LogP contribution in [0.5, 0.6) is 0 Å². The van der Waals surface area contributed by atoms with Gasteiger partial charge in [-0.15, -0.1) is 0 Å². The highest BCUT2D eigenvalue weighted by atomic mass is 32.4. The Morgan fingerprint density at radius 2 is 1.25 bits per heavy atom. The Hall–Kier alpha value is 0.0469. The molecule has 0 aliphatic rings. The second-order valence-corrected chi connectivity index (χ2v) is 9.99. The molecule has 0 N–H and O–H groups in total. The van der Waals surface area contributed by atoms with E-state index >= 15 is 0 Å². The molecule has 0 heterocycles. The standard InChI is InChI=1S/C9H22O5SSi/c1-5-9-15(10,11)16(12-6-2,13-7-3)14-8-4/h5-9H2,1-4H3. The van der Waals surface area contributed by atoms with Gasteiger partial charge in [0.15, 0.2) is 0 Å². The summed E-state index contributed by atoms with van der Waals surface area (Å²) in [6.07, 6.45) is 0.532. The predicted octanol–water partition coefficient (Wildman–Crippen LogP) is 1.36. The van der Waals surface area contributed by atoms with Crippen molar-refractivity contribution in [2.24, 2.45) is 0 Å². The summed E-state index contributed by atoms with van der Waals surface area (Å²) in [5.41, 5.74) is 0. The monoisotopic (exact) mass is 270 g/mol. The van der Waals surface area contributed by atoms with Gasteiger partial charge in [-0.3, -0.25) is 0 Å². The Labute approximate surface area is 99.0 Å². The van der Waals surface area contributed by atoms with Gasteiger partial charge in [0.05, 0.1) is 5.75 Å². The van der Waals surface area contributed by atoms with E-state index in [0.717, 1.165) is 0 Å². The Bertz CT molecular complexity index is 261. The summed E-state index contributed by atoms with van der Waals surface area (Å²) in [6, 6.07) is 0. The molecule has 0 unspecified atom stereocenters. The van der Waals surface area contributed by atoms with Crippen LogP contribution in [0.1, 0.15) is 34.1 Å². The van der Waals surface area contributed by atoms with Crippen LogP contribution >= 0.6 is 0 Å². The summed E-state index contributed by atoms with van der Waals surface area (Å²) >= 11 is 0. The Kier molecular flexibility index (Phi) is 7.41. The molecule has 0 aromatic heterocycles. The highest BCUT2D eigenvalue weighted by molar-refractivity contribution is 8.19. The summed E-state index contributed by atoms with van der Waals surface area (Å²) in [6.45, 7) is 7.84. The molecule has 5 nitrogen and oxygen atoms in total. The van der Waals surface area contributed by atoms with Crippen molar-refractivity contribution >= 4 is 17.2 Å². The molecule has 0 aromatic rings. The van der Waals surface area contributed by atoms with Crippen molar-refractivity contribution < 1.29 is 21.7 Å². The molecule has 0 radical (unpaired) electrons. The zero-order chi connectivity index (χ0) is 12.7. The average molecular weight is 270 g/mol. The zero-order valence-corrected chi connectivity index (χ0v) is 12.3. The van der Waals surface area contributed by atoms with E-state index in [0.29, 0.717) is 6.42 Å². The molecule has 0 spiro atoms. The van der Waals surface area contributed by atoms with Gasteiger partial charge in [-0.25, -0.2) is 8.42 Å². The maximum absolute atomic E-state index is 12.1. The fraction of sp³-hybridized carbons (Fsp3) is 1.00. The van der Waals surface area contributed by atoms with Crippen LogP contribution in [0.4, 0.5) is 0 Å². The van der Waals surface area contributed by atoms with E-state index in [1.54, 1.807) is 27.7 Å². The first-order valence-corrected chi connectivity index (χ1v) is 9.73. The number of hydrogen-bond acceptors (Lipinski definition) is 5. The molecule has 0 aromatic carbocycles. The van der Waals surface area contributed by atoms with Crippen molar-refractivity contribution in [2.75, 3.05) is 25.6 Å². The first-order valence-electron chi connectivity index (χ1n) is 5.63. The molecular weight excluding hydrogens is 248 g/mol. The van der Waals surface area contributed by atoms with Gasteiger partial charge in [-0.05, 0) is 27.2 Å². The summed E-state index contributed by atoms with van der Waals surface area (Å²) in [5.74, 6) is 0.0409. The largest absolute Gasteiger partial charge is 0.634 e. The van der Waals surface area contributed by atoms with Gasteiger partial charge in [-0.2, -0.15) is 0 Å². The second-order valence-electron chi connectivity index (χ2n) is 3.12. The Balaban J connectivity index is 5.13. The minimum absolute atomic E-state index is 0.0409. The van der Waals surface area contributed by atoms with Crippen molar-refractivity contribution in [1.82, 2.24) is 0 Å². The van der Waals surface area contributed by atoms with Gasteiger partial charge in [0.25, 0.3) is 0 Å². The molecule has 0 fully saturated rings. The van der Waals surface area contributed by atoms with E-state index in [1.165, 1.54) is 0 Å². The van der Waals surface area contributed by atoms with Crippen molar-refractivity contribution in [3.63, 3.8) is 0 Å². The molecule has 0 saturated carbocycles. The lowest BCUT2D eigenvalue weighted by Crippen LogP contribution is -2.54. The molecule has 0 aliphatic carbocycles. The normalized spacial score (nSPS) is 13.0. The van der Waals surface area contributed by atoms with Crippen LogP contribution in [0, 0.1) is 0 Å². The molecule has 16 heavy (non-hydrogen) atoms. The van der Waals surface area contributed by atoms with E-state index in [9.17, 15) is 8.42 Å². The Morgan fingerprint density at radius 3 is 1.50 bits per heavy atom. The van der Waals surface area contributed by atoms with Crippen LogP contribution in [-0.2, 0) is 22.6 Å². The van der Waals surface area contributed by atoms with Gasteiger partial charge in [0.2, 0.25) is 9.29 Å². The second kappa shape index (κ2) is 7.39. The highest BCUT2D eigenvalue weighted by Crippen LogP contribution is 2.19. The molecule has 0 bridgehead atoms. The quantitative estimate of drug-likeness (QED) is 0.592. The molecule has 0 aliphatic heterocycles. The maximum atomic E-state index is 12.1. The van der Waals surface area contributed by atoms with E-state index in [-0.39, 0.29) is 25.6 Å². The van der Waals surface area contributed by atoms with Crippen LogP contribution in [0.2, 0.25) is 0 Å². The van der Waals surface area contributed by atoms with Gasteiger partial charge in [0.1, 0.15) is 0 Å². The van der Waals surface area contributed by atoms with Gasteiger partial charge >= 0.3 is 7.95 Å². The van der Waals surface area contributed by atoms with Crippen LogP contribution in [0.25, 0.3) is 0 Å². The van der Waals surface area contributed by atoms with Crippen LogP contribution in [0.3, 0.4) is 0 Å². The van der Waals surface area contributed by atoms with Crippen molar-refractivity contribution in [1.29, 1.82) is 0 Å². The fourth-order valence-corrected chi connectivity index (χ4v) is 7.99. The van der Waals surface area contributed by atoms with E-state index < -0.39 is 17.2 Å². The topological polar surface area (TPSA) is 61.8 Å².